The van der Waals surface area contributed by atoms with Crippen molar-refractivity contribution in [3.63, 3.8) is 0 Å². The highest BCUT2D eigenvalue weighted by Crippen LogP contribution is 2.21. The summed E-state index contributed by atoms with van der Waals surface area (Å²) in [5.74, 6) is -1.35. The molecule has 0 bridgehead atoms. The molecule has 3 rings (SSSR count). The molecule has 4 nitrogen and oxygen atoms in total. The first kappa shape index (κ1) is 16.4. The molecule has 24 heavy (non-hydrogen) atoms. The summed E-state index contributed by atoms with van der Waals surface area (Å²) in [6, 6.07) is 5.53. The second-order valence-corrected chi connectivity index (χ2v) is 6.03. The lowest BCUT2D eigenvalue weighted by Gasteiger charge is -2.36. The molecule has 1 saturated heterocycles. The second-order valence-electron chi connectivity index (χ2n) is 6.03. The van der Waals surface area contributed by atoms with Gasteiger partial charge in [-0.25, -0.2) is 13.8 Å². The van der Waals surface area contributed by atoms with Gasteiger partial charge in [-0.05, 0) is 37.1 Å². The van der Waals surface area contributed by atoms with Crippen molar-refractivity contribution in [2.45, 2.75) is 13.8 Å². The van der Waals surface area contributed by atoms with Crippen molar-refractivity contribution >= 4 is 11.7 Å². The van der Waals surface area contributed by atoms with Gasteiger partial charge in [-0.15, -0.1) is 0 Å². The summed E-state index contributed by atoms with van der Waals surface area (Å²) in [6.45, 7) is 5.96. The summed E-state index contributed by atoms with van der Waals surface area (Å²) >= 11 is 0. The number of pyridine rings is 1. The van der Waals surface area contributed by atoms with Gasteiger partial charge in [0.25, 0.3) is 5.91 Å². The number of carbonyl (C=O) groups excluding carboxylic acids is 1. The summed E-state index contributed by atoms with van der Waals surface area (Å²) in [6.07, 6.45) is 1.81. The lowest BCUT2D eigenvalue weighted by atomic mass is 10.1. The second kappa shape index (κ2) is 6.55. The van der Waals surface area contributed by atoms with E-state index in [-0.39, 0.29) is 0 Å². The molecule has 1 aromatic carbocycles. The third-order valence-corrected chi connectivity index (χ3v) is 4.23. The molecule has 1 fully saturated rings. The fourth-order valence-electron chi connectivity index (χ4n) is 3.02. The molecule has 0 spiro atoms. The molecule has 1 aromatic heterocycles. The summed E-state index contributed by atoms with van der Waals surface area (Å²) in [5, 5.41) is 0. The Morgan fingerprint density at radius 3 is 2.29 bits per heavy atom. The fraction of sp³-hybridized carbons (Fsp3) is 0.333. The predicted molar refractivity (Wildman–Crippen MR) is 88.2 cm³/mol. The van der Waals surface area contributed by atoms with Crippen molar-refractivity contribution in [2.75, 3.05) is 31.1 Å². The largest absolute Gasteiger partial charge is 0.353 e. The van der Waals surface area contributed by atoms with E-state index in [2.05, 4.69) is 16.0 Å². The number of benzene rings is 1. The van der Waals surface area contributed by atoms with Crippen molar-refractivity contribution in [2.24, 2.45) is 0 Å². The third-order valence-electron chi connectivity index (χ3n) is 4.23. The van der Waals surface area contributed by atoms with Crippen LogP contribution >= 0.6 is 0 Å². The Balaban J connectivity index is 1.72. The average Bonchev–Trinajstić information content (AvgIpc) is 2.55. The van der Waals surface area contributed by atoms with Gasteiger partial charge in [-0.3, -0.25) is 4.79 Å². The Labute approximate surface area is 139 Å². The molecule has 1 amide bonds. The van der Waals surface area contributed by atoms with Gasteiger partial charge in [0, 0.05) is 32.4 Å². The van der Waals surface area contributed by atoms with Gasteiger partial charge in [0.2, 0.25) is 0 Å². The maximum atomic E-state index is 13.8. The van der Waals surface area contributed by atoms with Gasteiger partial charge >= 0.3 is 0 Å². The van der Waals surface area contributed by atoms with Crippen molar-refractivity contribution < 1.29 is 13.6 Å². The van der Waals surface area contributed by atoms with Gasteiger partial charge in [0.05, 0.1) is 0 Å². The molecule has 126 valence electrons. The minimum absolute atomic E-state index is 0.404. The van der Waals surface area contributed by atoms with Crippen LogP contribution in [0.2, 0.25) is 0 Å². The number of hydrogen-bond donors (Lipinski definition) is 0. The number of aryl methyl sites for hydroxylation is 2. The fourth-order valence-corrected chi connectivity index (χ4v) is 3.02. The maximum Gasteiger partial charge on any atom is 0.259 e. The highest BCUT2D eigenvalue weighted by molar-refractivity contribution is 5.95. The van der Waals surface area contributed by atoms with Gasteiger partial charge in [-0.1, -0.05) is 12.1 Å². The molecular formula is C18H19F2N3O. The molecule has 0 saturated carbocycles. The maximum absolute atomic E-state index is 13.8. The van der Waals surface area contributed by atoms with Crippen LogP contribution in [0.4, 0.5) is 14.6 Å². The summed E-state index contributed by atoms with van der Waals surface area (Å²) in [5.41, 5.74) is 1.70. The van der Waals surface area contributed by atoms with E-state index < -0.39 is 23.1 Å². The first-order chi connectivity index (χ1) is 11.5. The highest BCUT2D eigenvalue weighted by Gasteiger charge is 2.27. The molecule has 1 aliphatic rings. The van der Waals surface area contributed by atoms with Crippen LogP contribution in [0.5, 0.6) is 0 Å². The topological polar surface area (TPSA) is 36.4 Å². The molecule has 6 heteroatoms. The first-order valence-corrected chi connectivity index (χ1v) is 7.89. The molecule has 0 N–H and O–H groups in total. The van der Waals surface area contributed by atoms with E-state index in [1.54, 1.807) is 0 Å². The van der Waals surface area contributed by atoms with E-state index in [1.807, 2.05) is 20.0 Å². The molecule has 2 aromatic rings. The minimum Gasteiger partial charge on any atom is -0.353 e. The Morgan fingerprint density at radius 2 is 1.71 bits per heavy atom. The smallest absolute Gasteiger partial charge is 0.259 e. The summed E-state index contributed by atoms with van der Waals surface area (Å²) < 4.78 is 27.6. The Morgan fingerprint density at radius 1 is 1.08 bits per heavy atom. The molecule has 1 aliphatic heterocycles. The van der Waals surface area contributed by atoms with E-state index in [1.165, 1.54) is 11.0 Å². The lowest BCUT2D eigenvalue weighted by molar-refractivity contribution is 0.0736. The van der Waals surface area contributed by atoms with Crippen LogP contribution in [0, 0.1) is 25.5 Å². The standard InChI is InChI=1S/C18H19F2N3O/c1-12-10-13(2)17(21-11-12)22-6-8-23(9-7-22)18(24)16-14(19)4-3-5-15(16)20/h3-5,10-11H,6-9H2,1-2H3. The molecule has 2 heterocycles. The monoisotopic (exact) mass is 331 g/mol. The van der Waals surface area contributed by atoms with E-state index in [4.69, 9.17) is 0 Å². The van der Waals surface area contributed by atoms with Crippen LogP contribution in [0.25, 0.3) is 0 Å². The van der Waals surface area contributed by atoms with Gasteiger partial charge < -0.3 is 9.80 Å². The molecule has 0 atom stereocenters. The normalized spacial score (nSPS) is 14.8. The zero-order valence-corrected chi connectivity index (χ0v) is 13.7. The number of hydrogen-bond acceptors (Lipinski definition) is 3. The van der Waals surface area contributed by atoms with Crippen molar-refractivity contribution in [3.05, 3.63) is 58.8 Å². The van der Waals surface area contributed by atoms with Crippen molar-refractivity contribution in [3.8, 4) is 0 Å². The number of rotatable bonds is 2. The van der Waals surface area contributed by atoms with Gasteiger partial charge in [0.15, 0.2) is 0 Å². The molecule has 0 radical (unpaired) electrons. The number of piperazine rings is 1. The third kappa shape index (κ3) is 3.09. The van der Waals surface area contributed by atoms with E-state index in [0.29, 0.717) is 26.2 Å². The Hall–Kier alpha value is -2.50. The van der Waals surface area contributed by atoms with Crippen LogP contribution in [-0.4, -0.2) is 42.0 Å². The summed E-state index contributed by atoms with van der Waals surface area (Å²) in [7, 11) is 0. The molecule has 0 unspecified atom stereocenters. The Bertz CT molecular complexity index is 751. The zero-order chi connectivity index (χ0) is 17.3. The van der Waals surface area contributed by atoms with E-state index in [9.17, 15) is 13.6 Å². The number of aromatic nitrogens is 1. The van der Waals surface area contributed by atoms with Gasteiger partial charge in [-0.2, -0.15) is 0 Å². The quantitative estimate of drug-likeness (QED) is 0.849. The van der Waals surface area contributed by atoms with Gasteiger partial charge in [0.1, 0.15) is 23.0 Å². The van der Waals surface area contributed by atoms with E-state index >= 15 is 0 Å². The van der Waals surface area contributed by atoms with Crippen LogP contribution in [0.15, 0.2) is 30.5 Å². The van der Waals surface area contributed by atoms with E-state index in [0.717, 1.165) is 29.1 Å². The van der Waals surface area contributed by atoms with Crippen LogP contribution in [-0.2, 0) is 0 Å². The first-order valence-electron chi connectivity index (χ1n) is 7.89. The number of carbonyl (C=O) groups is 1. The van der Waals surface area contributed by atoms with Crippen LogP contribution in [0.3, 0.4) is 0 Å². The number of nitrogens with zero attached hydrogens (tertiary/aromatic N) is 3. The average molecular weight is 331 g/mol. The number of amides is 1. The predicted octanol–water partition coefficient (Wildman–Crippen LogP) is 2.94. The lowest BCUT2D eigenvalue weighted by Crippen LogP contribution is -2.49. The van der Waals surface area contributed by atoms with Crippen molar-refractivity contribution in [1.29, 1.82) is 0 Å². The number of anilines is 1. The van der Waals surface area contributed by atoms with Crippen molar-refractivity contribution in [1.82, 2.24) is 9.88 Å². The SMILES string of the molecule is Cc1cnc(N2CCN(C(=O)c3c(F)cccc3F)CC2)c(C)c1. The highest BCUT2D eigenvalue weighted by atomic mass is 19.1. The van der Waals surface area contributed by atoms with Crippen LogP contribution < -0.4 is 4.90 Å². The summed E-state index contributed by atoms with van der Waals surface area (Å²) in [4.78, 5) is 20.4. The van der Waals surface area contributed by atoms with Crippen LogP contribution in [0.1, 0.15) is 21.5 Å². The molecule has 0 aliphatic carbocycles. The Kier molecular flexibility index (Phi) is 4.46. The minimum atomic E-state index is -0.821. The molecular weight excluding hydrogens is 312 g/mol. The zero-order valence-electron chi connectivity index (χ0n) is 13.7. The number of halogens is 2.